The van der Waals surface area contributed by atoms with Gasteiger partial charge in [-0.2, -0.15) is 6.20 Å². The molecule has 1 aliphatic heterocycles. The molecule has 1 heterocycles. The molecule has 0 radical (unpaired) electrons. The third-order valence-electron chi connectivity index (χ3n) is 1.51. The second-order valence-corrected chi connectivity index (χ2v) is 2.19. The van der Waals surface area contributed by atoms with Gasteiger partial charge in [-0.25, -0.2) is 0 Å². The Morgan fingerprint density at radius 1 is 1.40 bits per heavy atom. The Kier molecular flexibility index (Phi) is 1.17. The van der Waals surface area contributed by atoms with Gasteiger partial charge in [0.15, 0.2) is 0 Å². The molecule has 2 nitrogen and oxygen atoms in total. The van der Waals surface area contributed by atoms with E-state index in [1.54, 1.807) is 12.4 Å². The molecule has 1 unspecified atom stereocenters. The minimum absolute atomic E-state index is 0.176. The number of fused-ring (bicyclic) bond motifs is 1. The van der Waals surface area contributed by atoms with E-state index in [0.717, 1.165) is 5.71 Å². The Morgan fingerprint density at radius 3 is 3.30 bits per heavy atom. The van der Waals surface area contributed by atoms with Gasteiger partial charge < -0.3 is 5.32 Å². The number of hydrogen-bond acceptors (Lipinski definition) is 1. The highest BCUT2D eigenvalue weighted by Gasteiger charge is 2.02. The normalized spacial score (nSPS) is 27.2. The predicted octanol–water partition coefficient (Wildman–Crippen LogP) is 1.78. The van der Waals surface area contributed by atoms with Crippen LogP contribution in [0.1, 0.15) is 0 Å². The van der Waals surface area contributed by atoms with E-state index in [9.17, 15) is 0 Å². The molecule has 0 saturated carbocycles. The summed E-state index contributed by atoms with van der Waals surface area (Å²) in [5.41, 5.74) is 1.03. The molecule has 0 spiro atoms. The Morgan fingerprint density at radius 2 is 2.40 bits per heavy atom. The molecular weight excluding hydrogens is 124 g/mol. The van der Waals surface area contributed by atoms with E-state index in [1.807, 2.05) is 24.3 Å². The summed E-state index contributed by atoms with van der Waals surface area (Å²) in [6.45, 7) is 0. The fourth-order valence-corrected chi connectivity index (χ4v) is 1.02. The van der Waals surface area contributed by atoms with Gasteiger partial charge in [0.2, 0.25) is 0 Å². The van der Waals surface area contributed by atoms with Crippen molar-refractivity contribution in [2.24, 2.45) is 4.99 Å². The predicted molar refractivity (Wildman–Crippen MR) is 42.0 cm³/mol. The van der Waals surface area contributed by atoms with E-state index < -0.39 is 0 Å². The molecule has 0 fully saturated rings. The summed E-state index contributed by atoms with van der Waals surface area (Å²) in [5, 5.41) is 4.20. The highest BCUT2D eigenvalue weighted by Crippen LogP contribution is 2.14. The Hall–Kier alpha value is -1.31. The molecule has 1 aliphatic carbocycles. The molecule has 0 saturated heterocycles. The SMILES string of the molecule is C1=CC2=NC=C[N-]C2C=C1. The first-order chi connectivity index (χ1) is 4.97. The maximum atomic E-state index is 4.20. The average molecular weight is 131 g/mol. The van der Waals surface area contributed by atoms with Crippen LogP contribution in [0.5, 0.6) is 0 Å². The first kappa shape index (κ1) is 5.47. The number of hydrogen-bond donors (Lipinski definition) is 0. The van der Waals surface area contributed by atoms with E-state index in [0.29, 0.717) is 0 Å². The number of rotatable bonds is 0. The summed E-state index contributed by atoms with van der Waals surface area (Å²) >= 11 is 0. The lowest BCUT2D eigenvalue weighted by atomic mass is 10.1. The van der Waals surface area contributed by atoms with Crippen molar-refractivity contribution >= 4 is 5.71 Å². The van der Waals surface area contributed by atoms with Gasteiger partial charge >= 0.3 is 0 Å². The van der Waals surface area contributed by atoms with E-state index in [2.05, 4.69) is 10.3 Å². The zero-order chi connectivity index (χ0) is 6.81. The summed E-state index contributed by atoms with van der Waals surface area (Å²) in [5.74, 6) is 0. The van der Waals surface area contributed by atoms with Gasteiger partial charge in [-0.05, 0) is 6.08 Å². The van der Waals surface area contributed by atoms with E-state index >= 15 is 0 Å². The van der Waals surface area contributed by atoms with Gasteiger partial charge in [0.1, 0.15) is 0 Å². The van der Waals surface area contributed by atoms with Gasteiger partial charge in [-0.3, -0.25) is 4.99 Å². The molecule has 0 aromatic rings. The molecule has 50 valence electrons. The Bertz CT molecular complexity index is 246. The van der Waals surface area contributed by atoms with Crippen LogP contribution in [-0.2, 0) is 0 Å². The van der Waals surface area contributed by atoms with Crippen LogP contribution in [0.4, 0.5) is 0 Å². The highest BCUT2D eigenvalue weighted by molar-refractivity contribution is 6.04. The summed E-state index contributed by atoms with van der Waals surface area (Å²) in [4.78, 5) is 4.16. The van der Waals surface area contributed by atoms with Crippen molar-refractivity contribution in [3.05, 3.63) is 42.0 Å². The quantitative estimate of drug-likeness (QED) is 0.479. The van der Waals surface area contributed by atoms with Crippen LogP contribution in [-0.4, -0.2) is 11.8 Å². The summed E-state index contributed by atoms with van der Waals surface area (Å²) < 4.78 is 0. The standard InChI is InChI=1S/C8H7N2/c1-2-4-8-7(3-1)9-5-6-10-8/h1-7H/q-1. The molecule has 0 bridgehead atoms. The maximum absolute atomic E-state index is 4.20. The van der Waals surface area contributed by atoms with Crippen molar-refractivity contribution in [2.75, 3.05) is 0 Å². The number of allylic oxidation sites excluding steroid dienone is 2. The van der Waals surface area contributed by atoms with E-state index in [1.165, 1.54) is 0 Å². The molecule has 0 N–H and O–H groups in total. The molecule has 10 heavy (non-hydrogen) atoms. The summed E-state index contributed by atoms with van der Waals surface area (Å²) in [6.07, 6.45) is 11.4. The smallest absolute Gasteiger partial charge is 0.0295 e. The first-order valence-electron chi connectivity index (χ1n) is 3.24. The van der Waals surface area contributed by atoms with Crippen LogP contribution in [0.2, 0.25) is 0 Å². The van der Waals surface area contributed by atoms with Gasteiger partial charge in [0, 0.05) is 11.9 Å². The van der Waals surface area contributed by atoms with Gasteiger partial charge in [-0.15, -0.1) is 0 Å². The van der Waals surface area contributed by atoms with Crippen LogP contribution in [0.25, 0.3) is 5.32 Å². The lowest BCUT2D eigenvalue weighted by Crippen LogP contribution is -2.17. The van der Waals surface area contributed by atoms with Crippen LogP contribution < -0.4 is 0 Å². The molecule has 0 aromatic heterocycles. The van der Waals surface area contributed by atoms with Gasteiger partial charge in [0.25, 0.3) is 0 Å². The Balaban J connectivity index is 2.34. The third-order valence-corrected chi connectivity index (χ3v) is 1.51. The van der Waals surface area contributed by atoms with E-state index in [-0.39, 0.29) is 6.04 Å². The van der Waals surface area contributed by atoms with Crippen LogP contribution in [0, 0.1) is 0 Å². The topological polar surface area (TPSA) is 26.5 Å². The monoisotopic (exact) mass is 131 g/mol. The van der Waals surface area contributed by atoms with Gasteiger partial charge in [-0.1, -0.05) is 24.3 Å². The fraction of sp³-hybridized carbons (Fsp3) is 0.125. The second kappa shape index (κ2) is 2.14. The van der Waals surface area contributed by atoms with Crippen molar-refractivity contribution in [2.45, 2.75) is 6.04 Å². The number of aliphatic imine (C=N–C) groups is 1. The lowest BCUT2D eigenvalue weighted by molar-refractivity contribution is 1.19. The summed E-state index contributed by atoms with van der Waals surface area (Å²) in [6, 6.07) is 0.176. The first-order valence-corrected chi connectivity index (χ1v) is 3.24. The van der Waals surface area contributed by atoms with Crippen molar-refractivity contribution in [3.8, 4) is 0 Å². The second-order valence-electron chi connectivity index (χ2n) is 2.19. The van der Waals surface area contributed by atoms with Crippen LogP contribution in [0.3, 0.4) is 0 Å². The van der Waals surface area contributed by atoms with Gasteiger partial charge in [0.05, 0.1) is 0 Å². The molecule has 1 atom stereocenters. The zero-order valence-corrected chi connectivity index (χ0v) is 5.44. The van der Waals surface area contributed by atoms with Crippen molar-refractivity contribution < 1.29 is 0 Å². The zero-order valence-electron chi connectivity index (χ0n) is 5.44. The number of nitrogens with zero attached hydrogens (tertiary/aromatic N) is 2. The molecule has 2 rings (SSSR count). The molecule has 0 amide bonds. The van der Waals surface area contributed by atoms with Crippen molar-refractivity contribution in [1.29, 1.82) is 0 Å². The highest BCUT2D eigenvalue weighted by atomic mass is 15.0. The van der Waals surface area contributed by atoms with Crippen molar-refractivity contribution in [3.63, 3.8) is 0 Å². The molecule has 2 aliphatic rings. The van der Waals surface area contributed by atoms with Crippen molar-refractivity contribution in [1.82, 2.24) is 0 Å². The van der Waals surface area contributed by atoms with E-state index in [4.69, 9.17) is 0 Å². The molecule has 0 aromatic carbocycles. The lowest BCUT2D eigenvalue weighted by Gasteiger charge is -2.30. The minimum atomic E-state index is 0.176. The maximum Gasteiger partial charge on any atom is 0.0295 e. The average Bonchev–Trinajstić information content (AvgIpc) is 2.05. The largest absolute Gasteiger partial charge is 0.679 e. The fourth-order valence-electron chi connectivity index (χ4n) is 1.02. The third kappa shape index (κ3) is 0.778. The van der Waals surface area contributed by atoms with Crippen LogP contribution >= 0.6 is 0 Å². The Labute approximate surface area is 59.7 Å². The minimum Gasteiger partial charge on any atom is -0.679 e. The van der Waals surface area contributed by atoms with Crippen LogP contribution in [0.15, 0.2) is 41.7 Å². The molecular formula is C8H7N2-. The summed E-state index contributed by atoms with van der Waals surface area (Å²) in [7, 11) is 0. The molecule has 2 heteroatoms.